The lowest BCUT2D eigenvalue weighted by Gasteiger charge is -2.29. The van der Waals surface area contributed by atoms with E-state index >= 15 is 0 Å². The van der Waals surface area contributed by atoms with Gasteiger partial charge >= 0.3 is 0 Å². The summed E-state index contributed by atoms with van der Waals surface area (Å²) >= 11 is 5.85. The summed E-state index contributed by atoms with van der Waals surface area (Å²) in [4.78, 5) is 11.3. The van der Waals surface area contributed by atoms with Gasteiger partial charge in [0.05, 0.1) is 5.54 Å². The lowest BCUT2D eigenvalue weighted by Crippen LogP contribution is -2.51. The number of primary amides is 1. The third-order valence-electron chi connectivity index (χ3n) is 2.83. The van der Waals surface area contributed by atoms with Crippen molar-refractivity contribution in [3.8, 4) is 0 Å². The molecule has 0 saturated heterocycles. The first-order valence-electron chi connectivity index (χ1n) is 5.70. The Balaban J connectivity index is 2.86. The highest BCUT2D eigenvalue weighted by molar-refractivity contribution is 6.30. The molecular weight excluding hydrogens is 236 g/mol. The van der Waals surface area contributed by atoms with Crippen LogP contribution in [0.5, 0.6) is 0 Å². The van der Waals surface area contributed by atoms with Gasteiger partial charge in [0.2, 0.25) is 5.91 Å². The number of rotatable bonds is 5. The summed E-state index contributed by atoms with van der Waals surface area (Å²) in [6.45, 7) is 5.63. The van der Waals surface area contributed by atoms with Crippen molar-refractivity contribution >= 4 is 17.5 Å². The zero-order chi connectivity index (χ0) is 13.1. The number of carbonyl (C=O) groups is 1. The van der Waals surface area contributed by atoms with E-state index in [4.69, 9.17) is 17.3 Å². The van der Waals surface area contributed by atoms with Gasteiger partial charge in [-0.2, -0.15) is 0 Å². The summed E-state index contributed by atoms with van der Waals surface area (Å²) in [5.74, 6) is -0.357. The van der Waals surface area contributed by atoms with Gasteiger partial charge in [-0.3, -0.25) is 10.1 Å². The lowest BCUT2D eigenvalue weighted by atomic mass is 9.98. The molecule has 0 aliphatic rings. The molecule has 1 aromatic rings. The Morgan fingerprint density at radius 1 is 1.41 bits per heavy atom. The van der Waals surface area contributed by atoms with Crippen molar-refractivity contribution < 1.29 is 4.79 Å². The normalized spacial score (nSPS) is 13.4. The van der Waals surface area contributed by atoms with Gasteiger partial charge in [0, 0.05) is 11.1 Å². The quantitative estimate of drug-likeness (QED) is 0.849. The molecule has 3 nitrogen and oxygen atoms in total. The number of amides is 1. The van der Waals surface area contributed by atoms with Crippen molar-refractivity contribution in [1.82, 2.24) is 5.32 Å². The summed E-state index contributed by atoms with van der Waals surface area (Å²) in [5, 5.41) is 3.97. The number of nitrogens with one attached hydrogen (secondary N) is 1. The highest BCUT2D eigenvalue weighted by atomic mass is 35.5. The van der Waals surface area contributed by atoms with Crippen molar-refractivity contribution in [2.45, 2.75) is 38.8 Å². The largest absolute Gasteiger partial charge is 0.368 e. The second-order valence-electron chi connectivity index (χ2n) is 4.65. The smallest absolute Gasteiger partial charge is 0.237 e. The van der Waals surface area contributed by atoms with Crippen LogP contribution in [0.3, 0.4) is 0 Å². The molecular formula is C13H19ClN2O. The molecule has 1 rings (SSSR count). The first kappa shape index (κ1) is 14.0. The van der Waals surface area contributed by atoms with Gasteiger partial charge in [-0.1, -0.05) is 30.7 Å². The molecule has 4 heteroatoms. The molecule has 0 heterocycles. The summed E-state index contributed by atoms with van der Waals surface area (Å²) in [6.07, 6.45) is 0.873. The number of hydrogen-bond acceptors (Lipinski definition) is 2. The number of nitrogens with two attached hydrogens (primary N) is 1. The fourth-order valence-corrected chi connectivity index (χ4v) is 1.75. The number of carbonyl (C=O) groups excluding carboxylic acids is 1. The maximum absolute atomic E-state index is 11.3. The van der Waals surface area contributed by atoms with Crippen molar-refractivity contribution in [2.24, 2.45) is 5.73 Å². The molecule has 0 spiro atoms. The van der Waals surface area contributed by atoms with Gasteiger partial charge in [-0.25, -0.2) is 0 Å². The predicted molar refractivity (Wildman–Crippen MR) is 70.9 cm³/mol. The summed E-state index contributed by atoms with van der Waals surface area (Å²) < 4.78 is 0. The van der Waals surface area contributed by atoms with Gasteiger partial charge in [-0.05, 0) is 38.0 Å². The molecule has 1 aromatic carbocycles. The van der Waals surface area contributed by atoms with E-state index in [0.717, 1.165) is 12.0 Å². The van der Waals surface area contributed by atoms with E-state index in [1.54, 1.807) is 13.8 Å². The molecule has 1 atom stereocenters. The summed E-state index contributed by atoms with van der Waals surface area (Å²) in [5.41, 5.74) is 5.73. The first-order valence-corrected chi connectivity index (χ1v) is 6.07. The molecule has 1 unspecified atom stereocenters. The van der Waals surface area contributed by atoms with Crippen LogP contribution in [0, 0.1) is 0 Å². The van der Waals surface area contributed by atoms with Crippen LogP contribution in [-0.2, 0) is 4.79 Å². The van der Waals surface area contributed by atoms with E-state index in [0.29, 0.717) is 5.02 Å². The van der Waals surface area contributed by atoms with Crippen molar-refractivity contribution in [2.75, 3.05) is 0 Å². The molecule has 0 radical (unpaired) electrons. The molecule has 3 N–H and O–H groups in total. The average Bonchev–Trinajstić information content (AvgIpc) is 2.27. The molecule has 1 amide bonds. The SMILES string of the molecule is CCC(NC(C)(C)C(N)=O)c1ccc(Cl)cc1. The van der Waals surface area contributed by atoms with Crippen LogP contribution < -0.4 is 11.1 Å². The average molecular weight is 255 g/mol. The topological polar surface area (TPSA) is 55.1 Å². The minimum absolute atomic E-state index is 0.0924. The highest BCUT2D eigenvalue weighted by Gasteiger charge is 2.27. The van der Waals surface area contributed by atoms with Crippen LogP contribution in [-0.4, -0.2) is 11.4 Å². The zero-order valence-corrected chi connectivity index (χ0v) is 11.2. The molecule has 0 aliphatic heterocycles. The second kappa shape index (κ2) is 5.52. The molecule has 0 bridgehead atoms. The Bertz CT molecular complexity index is 387. The standard InChI is InChI=1S/C13H19ClN2O/c1-4-11(16-13(2,3)12(15)17)9-5-7-10(14)8-6-9/h5-8,11,16H,4H2,1-3H3,(H2,15,17). The summed E-state index contributed by atoms with van der Waals surface area (Å²) in [6, 6.07) is 7.70. The third kappa shape index (κ3) is 3.72. The van der Waals surface area contributed by atoms with E-state index in [1.807, 2.05) is 24.3 Å². The van der Waals surface area contributed by atoms with Crippen molar-refractivity contribution in [1.29, 1.82) is 0 Å². The first-order chi connectivity index (χ1) is 7.86. The van der Waals surface area contributed by atoms with Crippen molar-refractivity contribution in [3.63, 3.8) is 0 Å². The molecule has 0 saturated carbocycles. The van der Waals surface area contributed by atoms with Gasteiger partial charge in [0.1, 0.15) is 0 Å². The predicted octanol–water partition coefficient (Wildman–Crippen LogP) is 2.64. The van der Waals surface area contributed by atoms with Gasteiger partial charge in [0.25, 0.3) is 0 Å². The van der Waals surface area contributed by atoms with E-state index < -0.39 is 5.54 Å². The summed E-state index contributed by atoms with van der Waals surface area (Å²) in [7, 11) is 0. The molecule has 17 heavy (non-hydrogen) atoms. The van der Waals surface area contributed by atoms with Gasteiger partial charge in [0.15, 0.2) is 0 Å². The second-order valence-corrected chi connectivity index (χ2v) is 5.08. The van der Waals surface area contributed by atoms with Gasteiger partial charge < -0.3 is 5.73 Å². The fourth-order valence-electron chi connectivity index (χ4n) is 1.62. The van der Waals surface area contributed by atoms with Gasteiger partial charge in [-0.15, -0.1) is 0 Å². The monoisotopic (exact) mass is 254 g/mol. The molecule has 0 fully saturated rings. The number of halogens is 1. The number of hydrogen-bond donors (Lipinski definition) is 2. The molecule has 0 aromatic heterocycles. The maximum Gasteiger partial charge on any atom is 0.237 e. The van der Waals surface area contributed by atoms with Crippen LogP contribution in [0.4, 0.5) is 0 Å². The van der Waals surface area contributed by atoms with Crippen LogP contribution in [0.25, 0.3) is 0 Å². The van der Waals surface area contributed by atoms with Crippen LogP contribution in [0.2, 0.25) is 5.02 Å². The molecule has 94 valence electrons. The fraction of sp³-hybridized carbons (Fsp3) is 0.462. The third-order valence-corrected chi connectivity index (χ3v) is 3.08. The highest BCUT2D eigenvalue weighted by Crippen LogP contribution is 2.21. The van der Waals surface area contributed by atoms with Crippen LogP contribution in [0.15, 0.2) is 24.3 Å². The van der Waals surface area contributed by atoms with Crippen LogP contribution in [0.1, 0.15) is 38.8 Å². The van der Waals surface area contributed by atoms with E-state index in [9.17, 15) is 4.79 Å². The maximum atomic E-state index is 11.3. The minimum Gasteiger partial charge on any atom is -0.368 e. The minimum atomic E-state index is -0.722. The van der Waals surface area contributed by atoms with Crippen LogP contribution >= 0.6 is 11.6 Å². The lowest BCUT2D eigenvalue weighted by molar-refractivity contribution is -0.123. The van der Waals surface area contributed by atoms with E-state index in [-0.39, 0.29) is 11.9 Å². The Labute approximate surface area is 107 Å². The Kier molecular flexibility index (Phi) is 4.54. The Morgan fingerprint density at radius 2 is 1.94 bits per heavy atom. The van der Waals surface area contributed by atoms with E-state index in [1.165, 1.54) is 0 Å². The number of benzene rings is 1. The van der Waals surface area contributed by atoms with Crippen molar-refractivity contribution in [3.05, 3.63) is 34.9 Å². The Morgan fingerprint density at radius 3 is 2.35 bits per heavy atom. The molecule has 0 aliphatic carbocycles. The zero-order valence-electron chi connectivity index (χ0n) is 10.5. The Hall–Kier alpha value is -1.06. The van der Waals surface area contributed by atoms with E-state index in [2.05, 4.69) is 12.2 Å².